The molecule has 0 spiro atoms. The van der Waals surface area contributed by atoms with Crippen molar-refractivity contribution in [3.05, 3.63) is 48.6 Å². The molecule has 1 saturated heterocycles. The van der Waals surface area contributed by atoms with E-state index in [0.29, 0.717) is 23.2 Å². The summed E-state index contributed by atoms with van der Waals surface area (Å²) in [7, 11) is -3.65. The highest BCUT2D eigenvalue weighted by Gasteiger charge is 2.23. The third-order valence-corrected chi connectivity index (χ3v) is 6.78. The van der Waals surface area contributed by atoms with Crippen LogP contribution in [0.1, 0.15) is 18.7 Å². The fourth-order valence-electron chi connectivity index (χ4n) is 3.18. The highest BCUT2D eigenvalue weighted by Crippen LogP contribution is 2.24. The predicted octanol–water partition coefficient (Wildman–Crippen LogP) is 2.28. The van der Waals surface area contributed by atoms with Crippen molar-refractivity contribution in [2.24, 2.45) is 0 Å². The SMILES string of the molecule is C=CCn1c(CN(c2ccc(F)cc2)S(C)(=O)=O)nnc1SCC(=O)N1CCCC1. The smallest absolute Gasteiger partial charge is 0.233 e. The van der Waals surface area contributed by atoms with E-state index < -0.39 is 15.8 Å². The number of sulfonamides is 1. The predicted molar refractivity (Wildman–Crippen MR) is 114 cm³/mol. The lowest BCUT2D eigenvalue weighted by atomic mass is 10.3. The normalized spacial score (nSPS) is 14.1. The molecule has 30 heavy (non-hydrogen) atoms. The summed E-state index contributed by atoms with van der Waals surface area (Å²) in [6.45, 7) is 5.59. The summed E-state index contributed by atoms with van der Waals surface area (Å²) in [6, 6.07) is 5.20. The molecule has 0 bridgehead atoms. The van der Waals surface area contributed by atoms with Crippen molar-refractivity contribution in [3.63, 3.8) is 0 Å². The molecule has 0 aliphatic carbocycles. The lowest BCUT2D eigenvalue weighted by Gasteiger charge is -2.22. The second-order valence-corrected chi connectivity index (χ2v) is 9.77. The van der Waals surface area contributed by atoms with Crippen molar-refractivity contribution in [2.45, 2.75) is 31.1 Å². The summed E-state index contributed by atoms with van der Waals surface area (Å²) < 4.78 is 40.9. The molecule has 2 heterocycles. The molecule has 162 valence electrons. The molecular formula is C19H24FN5O3S2. The van der Waals surface area contributed by atoms with Crippen molar-refractivity contribution < 1.29 is 17.6 Å². The zero-order chi connectivity index (χ0) is 21.7. The van der Waals surface area contributed by atoms with Crippen LogP contribution in [0.3, 0.4) is 0 Å². The van der Waals surface area contributed by atoms with Crippen LogP contribution in [0, 0.1) is 5.82 Å². The number of likely N-dealkylation sites (tertiary alicyclic amines) is 1. The minimum Gasteiger partial charge on any atom is -0.342 e. The zero-order valence-corrected chi connectivity index (χ0v) is 18.3. The Hall–Kier alpha value is -2.40. The molecule has 2 aromatic rings. The Bertz CT molecular complexity index is 1000. The van der Waals surface area contributed by atoms with Crippen LogP contribution >= 0.6 is 11.8 Å². The topological polar surface area (TPSA) is 88.4 Å². The van der Waals surface area contributed by atoms with Gasteiger partial charge in [0.2, 0.25) is 15.9 Å². The first kappa shape index (κ1) is 22.3. The summed E-state index contributed by atoms with van der Waals surface area (Å²) in [5.74, 6) is 0.240. The van der Waals surface area contributed by atoms with Crippen LogP contribution in [0.2, 0.25) is 0 Å². The number of hydrogen-bond donors (Lipinski definition) is 0. The molecule has 3 rings (SSSR count). The van der Waals surface area contributed by atoms with E-state index >= 15 is 0 Å². The van der Waals surface area contributed by atoms with E-state index in [9.17, 15) is 17.6 Å². The van der Waals surface area contributed by atoms with E-state index in [4.69, 9.17) is 0 Å². The third kappa shape index (κ3) is 5.39. The van der Waals surface area contributed by atoms with Crippen LogP contribution in [-0.2, 0) is 27.9 Å². The van der Waals surface area contributed by atoms with E-state index in [1.807, 2.05) is 4.90 Å². The second-order valence-electron chi connectivity index (χ2n) is 6.92. The Morgan fingerprint density at radius 1 is 1.27 bits per heavy atom. The van der Waals surface area contributed by atoms with Gasteiger partial charge in [0.15, 0.2) is 11.0 Å². The van der Waals surface area contributed by atoms with Crippen molar-refractivity contribution in [3.8, 4) is 0 Å². The summed E-state index contributed by atoms with van der Waals surface area (Å²) in [6.07, 6.45) is 4.78. The number of rotatable bonds is 9. The van der Waals surface area contributed by atoms with E-state index in [1.165, 1.54) is 36.0 Å². The molecule has 0 radical (unpaired) electrons. The van der Waals surface area contributed by atoms with Gasteiger partial charge < -0.3 is 9.47 Å². The van der Waals surface area contributed by atoms with Crippen molar-refractivity contribution in [1.29, 1.82) is 0 Å². The van der Waals surface area contributed by atoms with Gasteiger partial charge >= 0.3 is 0 Å². The van der Waals surface area contributed by atoms with Crippen LogP contribution in [-0.4, -0.2) is 59.1 Å². The number of hydrogen-bond acceptors (Lipinski definition) is 6. The summed E-state index contributed by atoms with van der Waals surface area (Å²) >= 11 is 1.27. The largest absolute Gasteiger partial charge is 0.342 e. The second kappa shape index (κ2) is 9.61. The number of halogens is 1. The van der Waals surface area contributed by atoms with E-state index in [2.05, 4.69) is 16.8 Å². The third-order valence-electron chi connectivity index (χ3n) is 4.69. The van der Waals surface area contributed by atoms with E-state index in [-0.39, 0.29) is 18.2 Å². The fraction of sp³-hybridized carbons (Fsp3) is 0.421. The summed E-state index contributed by atoms with van der Waals surface area (Å²) in [5.41, 5.74) is 0.325. The first-order chi connectivity index (χ1) is 14.3. The van der Waals surface area contributed by atoms with Crippen molar-refractivity contribution in [1.82, 2.24) is 19.7 Å². The Morgan fingerprint density at radius 2 is 1.93 bits per heavy atom. The number of benzene rings is 1. The molecule has 0 saturated carbocycles. The maximum Gasteiger partial charge on any atom is 0.233 e. The fourth-order valence-corrected chi connectivity index (χ4v) is 4.90. The number of thioether (sulfide) groups is 1. The molecule has 0 atom stereocenters. The van der Waals surface area contributed by atoms with Gasteiger partial charge in [-0.1, -0.05) is 17.8 Å². The molecule has 1 aromatic carbocycles. The molecule has 1 aliphatic heterocycles. The molecule has 1 aliphatic rings. The van der Waals surface area contributed by atoms with E-state index in [0.717, 1.165) is 36.5 Å². The average Bonchev–Trinajstić information content (AvgIpc) is 3.35. The van der Waals surface area contributed by atoms with Gasteiger partial charge in [0.05, 0.1) is 24.2 Å². The van der Waals surface area contributed by atoms with Gasteiger partial charge in [0.1, 0.15) is 5.82 Å². The first-order valence-corrected chi connectivity index (χ1v) is 12.3. The number of aromatic nitrogens is 3. The monoisotopic (exact) mass is 453 g/mol. The average molecular weight is 454 g/mol. The van der Waals surface area contributed by atoms with Crippen LogP contribution in [0.4, 0.5) is 10.1 Å². The minimum atomic E-state index is -3.65. The van der Waals surface area contributed by atoms with Crippen LogP contribution in [0.15, 0.2) is 42.1 Å². The van der Waals surface area contributed by atoms with Crippen LogP contribution in [0.25, 0.3) is 0 Å². The van der Waals surface area contributed by atoms with Gasteiger partial charge in [0, 0.05) is 19.6 Å². The molecular weight excluding hydrogens is 429 g/mol. The molecule has 11 heteroatoms. The lowest BCUT2D eigenvalue weighted by molar-refractivity contribution is -0.127. The van der Waals surface area contributed by atoms with Crippen molar-refractivity contribution >= 4 is 33.4 Å². The quantitative estimate of drug-likeness (QED) is 0.428. The maximum atomic E-state index is 13.3. The number of amides is 1. The number of carbonyl (C=O) groups is 1. The van der Waals surface area contributed by atoms with Gasteiger partial charge in [-0.15, -0.1) is 16.8 Å². The molecule has 1 aromatic heterocycles. The standard InChI is InChI=1S/C19H24FN5O3S2/c1-3-10-24-17(13-25(30(2,27)28)16-8-6-15(20)7-9-16)21-22-19(24)29-14-18(26)23-11-4-5-12-23/h3,6-9H,1,4-5,10-14H2,2H3. The van der Waals surface area contributed by atoms with Gasteiger partial charge in [-0.3, -0.25) is 9.10 Å². The number of allylic oxidation sites excluding steroid dienone is 1. The zero-order valence-electron chi connectivity index (χ0n) is 16.7. The molecule has 1 amide bonds. The van der Waals surface area contributed by atoms with Gasteiger partial charge in [-0.25, -0.2) is 12.8 Å². The van der Waals surface area contributed by atoms with Crippen LogP contribution < -0.4 is 4.31 Å². The molecule has 8 nitrogen and oxygen atoms in total. The Labute approximate surface area is 179 Å². The Balaban J connectivity index is 1.80. The van der Waals surface area contributed by atoms with E-state index in [1.54, 1.807) is 10.6 Å². The van der Waals surface area contributed by atoms with Crippen LogP contribution in [0.5, 0.6) is 0 Å². The minimum absolute atomic E-state index is 0.0521. The number of anilines is 1. The van der Waals surface area contributed by atoms with Gasteiger partial charge in [-0.05, 0) is 37.1 Å². The summed E-state index contributed by atoms with van der Waals surface area (Å²) in [5, 5.41) is 8.82. The molecule has 0 unspecified atom stereocenters. The van der Waals surface area contributed by atoms with Gasteiger partial charge in [0.25, 0.3) is 0 Å². The molecule has 1 fully saturated rings. The number of carbonyl (C=O) groups excluding carboxylic acids is 1. The van der Waals surface area contributed by atoms with Gasteiger partial charge in [-0.2, -0.15) is 0 Å². The first-order valence-electron chi connectivity index (χ1n) is 9.46. The maximum absolute atomic E-state index is 13.3. The Morgan fingerprint density at radius 3 is 2.53 bits per heavy atom. The lowest BCUT2D eigenvalue weighted by Crippen LogP contribution is -2.31. The number of nitrogens with zero attached hydrogens (tertiary/aromatic N) is 5. The highest BCUT2D eigenvalue weighted by atomic mass is 32.2. The summed E-state index contributed by atoms with van der Waals surface area (Å²) in [4.78, 5) is 14.2. The highest BCUT2D eigenvalue weighted by molar-refractivity contribution is 7.99. The van der Waals surface area contributed by atoms with Crippen molar-refractivity contribution in [2.75, 3.05) is 29.4 Å². The molecule has 0 N–H and O–H groups in total. The Kier molecular flexibility index (Phi) is 7.14.